The molecule has 0 bridgehead atoms. The molecule has 2 aliphatic heterocycles. The lowest BCUT2D eigenvalue weighted by Crippen LogP contribution is -2.46. The maximum Gasteiger partial charge on any atom is 0.279 e. The second kappa shape index (κ2) is 6.84. The first kappa shape index (κ1) is 16.2. The number of hydrogen-bond acceptors (Lipinski definition) is 3. The van der Waals surface area contributed by atoms with E-state index in [2.05, 4.69) is 4.72 Å². The molecule has 3 aliphatic rings. The zero-order valence-corrected chi connectivity index (χ0v) is 14.0. The van der Waals surface area contributed by atoms with Gasteiger partial charge in [-0.1, -0.05) is 25.7 Å². The molecule has 7 heteroatoms. The fourth-order valence-electron chi connectivity index (χ4n) is 3.95. The predicted octanol–water partition coefficient (Wildman–Crippen LogP) is 1.24. The minimum absolute atomic E-state index is 0.112. The number of hydrogen-bond donors (Lipinski definition) is 1. The first-order valence-electron chi connectivity index (χ1n) is 8.63. The molecule has 22 heavy (non-hydrogen) atoms. The van der Waals surface area contributed by atoms with Crippen molar-refractivity contribution in [1.29, 1.82) is 0 Å². The molecule has 1 aliphatic carbocycles. The van der Waals surface area contributed by atoms with E-state index in [1.54, 1.807) is 0 Å². The summed E-state index contributed by atoms with van der Waals surface area (Å²) in [7, 11) is -3.42. The quantitative estimate of drug-likeness (QED) is 0.789. The van der Waals surface area contributed by atoms with Crippen LogP contribution in [0.2, 0.25) is 0 Å². The van der Waals surface area contributed by atoms with Crippen LogP contribution in [-0.2, 0) is 15.0 Å². The van der Waals surface area contributed by atoms with Gasteiger partial charge in [0.15, 0.2) is 0 Å². The smallest absolute Gasteiger partial charge is 0.279 e. The number of likely N-dealkylation sites (tertiary alicyclic amines) is 1. The van der Waals surface area contributed by atoms with E-state index in [1.807, 2.05) is 4.90 Å². The van der Waals surface area contributed by atoms with Crippen molar-refractivity contribution in [3.8, 4) is 0 Å². The number of rotatable bonds is 4. The first-order chi connectivity index (χ1) is 10.6. The highest BCUT2D eigenvalue weighted by molar-refractivity contribution is 7.87. The average Bonchev–Trinajstić information content (AvgIpc) is 3.03. The summed E-state index contributed by atoms with van der Waals surface area (Å²) in [5.74, 6) is 0.112. The fourth-order valence-corrected chi connectivity index (χ4v) is 5.41. The normalized spacial score (nSPS) is 29.2. The number of carbonyl (C=O) groups excluding carboxylic acids is 1. The van der Waals surface area contributed by atoms with Gasteiger partial charge in [-0.15, -0.1) is 0 Å². The Labute approximate surface area is 133 Å². The third kappa shape index (κ3) is 3.63. The predicted molar refractivity (Wildman–Crippen MR) is 84.5 cm³/mol. The van der Waals surface area contributed by atoms with Crippen molar-refractivity contribution >= 4 is 16.1 Å². The number of amides is 1. The molecule has 2 heterocycles. The maximum atomic E-state index is 12.3. The van der Waals surface area contributed by atoms with Gasteiger partial charge in [0.05, 0.1) is 0 Å². The Morgan fingerprint density at radius 1 is 0.955 bits per heavy atom. The molecule has 0 radical (unpaired) electrons. The molecule has 1 atom stereocenters. The average molecular weight is 329 g/mol. The van der Waals surface area contributed by atoms with Crippen LogP contribution < -0.4 is 4.72 Å². The van der Waals surface area contributed by atoms with Gasteiger partial charge in [0, 0.05) is 38.1 Å². The molecule has 1 N–H and O–H groups in total. The van der Waals surface area contributed by atoms with Crippen LogP contribution in [0.5, 0.6) is 0 Å². The summed E-state index contributed by atoms with van der Waals surface area (Å²) in [4.78, 5) is 14.2. The molecule has 1 amide bonds. The van der Waals surface area contributed by atoms with Crippen LogP contribution >= 0.6 is 0 Å². The molecule has 0 aromatic heterocycles. The molecule has 1 unspecified atom stereocenters. The summed E-state index contributed by atoms with van der Waals surface area (Å²) in [6.45, 7) is 1.74. The van der Waals surface area contributed by atoms with Gasteiger partial charge in [-0.25, -0.2) is 0 Å². The summed E-state index contributed by atoms with van der Waals surface area (Å²) in [6.07, 6.45) is 9.17. The molecule has 1 saturated carbocycles. The van der Waals surface area contributed by atoms with Crippen LogP contribution in [0.25, 0.3) is 0 Å². The summed E-state index contributed by atoms with van der Waals surface area (Å²) in [6, 6.07) is 0.0534. The topological polar surface area (TPSA) is 69.7 Å². The Bertz CT molecular complexity index is 494. The largest absolute Gasteiger partial charge is 0.338 e. The lowest BCUT2D eigenvalue weighted by molar-refractivity contribution is -0.129. The van der Waals surface area contributed by atoms with Crippen molar-refractivity contribution < 1.29 is 13.2 Å². The standard InChI is InChI=1S/C15H27N3O3S/c19-15-11-13(16-22(20,21)17-9-5-6-10-17)12-18(15)14-7-3-1-2-4-8-14/h13-14,16H,1-12H2. The lowest BCUT2D eigenvalue weighted by Gasteiger charge is -2.27. The van der Waals surface area contributed by atoms with Crippen LogP contribution in [-0.4, -0.2) is 55.2 Å². The highest BCUT2D eigenvalue weighted by Gasteiger charge is 2.37. The molecule has 126 valence electrons. The van der Waals surface area contributed by atoms with E-state index in [0.29, 0.717) is 32.1 Å². The summed E-state index contributed by atoms with van der Waals surface area (Å²) >= 11 is 0. The Kier molecular flexibility index (Phi) is 5.04. The molecule has 6 nitrogen and oxygen atoms in total. The number of carbonyl (C=O) groups is 1. The Balaban J connectivity index is 1.59. The van der Waals surface area contributed by atoms with Crippen molar-refractivity contribution in [3.05, 3.63) is 0 Å². The molecule has 2 saturated heterocycles. The van der Waals surface area contributed by atoms with Gasteiger partial charge >= 0.3 is 0 Å². The number of nitrogens with zero attached hydrogens (tertiary/aromatic N) is 2. The summed E-state index contributed by atoms with van der Waals surface area (Å²) in [5.41, 5.74) is 0. The van der Waals surface area contributed by atoms with Crippen LogP contribution in [0.1, 0.15) is 57.8 Å². The van der Waals surface area contributed by atoms with Crippen LogP contribution in [0, 0.1) is 0 Å². The van der Waals surface area contributed by atoms with Crippen molar-refractivity contribution in [3.63, 3.8) is 0 Å². The number of nitrogens with one attached hydrogen (secondary N) is 1. The SMILES string of the molecule is O=C1CC(NS(=O)(=O)N2CCCC2)CN1C1CCCCCC1. The van der Waals surface area contributed by atoms with Crippen LogP contribution in [0.3, 0.4) is 0 Å². The van der Waals surface area contributed by atoms with Gasteiger partial charge in [0.2, 0.25) is 5.91 Å². The first-order valence-corrected chi connectivity index (χ1v) is 10.1. The minimum atomic E-state index is -3.42. The van der Waals surface area contributed by atoms with Crippen molar-refractivity contribution in [2.75, 3.05) is 19.6 Å². The molecule has 3 fully saturated rings. The van der Waals surface area contributed by atoms with Crippen molar-refractivity contribution in [2.45, 2.75) is 69.9 Å². The monoisotopic (exact) mass is 329 g/mol. The van der Waals surface area contributed by atoms with Crippen LogP contribution in [0.4, 0.5) is 0 Å². The summed E-state index contributed by atoms with van der Waals surface area (Å²) in [5, 5.41) is 0. The van der Waals surface area contributed by atoms with E-state index in [-0.39, 0.29) is 11.9 Å². The molecular weight excluding hydrogens is 302 g/mol. The van der Waals surface area contributed by atoms with E-state index >= 15 is 0 Å². The van der Waals surface area contributed by atoms with Gasteiger partial charge in [-0.05, 0) is 25.7 Å². The van der Waals surface area contributed by atoms with E-state index < -0.39 is 10.2 Å². The van der Waals surface area contributed by atoms with E-state index in [1.165, 1.54) is 30.0 Å². The summed E-state index contributed by atoms with van der Waals surface area (Å²) < 4.78 is 28.9. The second-order valence-corrected chi connectivity index (χ2v) is 8.52. The van der Waals surface area contributed by atoms with E-state index in [4.69, 9.17) is 0 Å². The minimum Gasteiger partial charge on any atom is -0.338 e. The fraction of sp³-hybridized carbons (Fsp3) is 0.933. The second-order valence-electron chi connectivity index (χ2n) is 6.82. The van der Waals surface area contributed by atoms with Gasteiger partial charge in [-0.3, -0.25) is 4.79 Å². The Hall–Kier alpha value is -0.660. The molecule has 0 aromatic rings. The third-order valence-corrected chi connectivity index (χ3v) is 6.82. The third-order valence-electron chi connectivity index (χ3n) is 5.14. The zero-order chi connectivity index (χ0) is 15.6. The van der Waals surface area contributed by atoms with Crippen LogP contribution in [0.15, 0.2) is 0 Å². The highest BCUT2D eigenvalue weighted by Crippen LogP contribution is 2.26. The van der Waals surface area contributed by atoms with Crippen molar-refractivity contribution in [1.82, 2.24) is 13.9 Å². The Morgan fingerprint density at radius 2 is 1.59 bits per heavy atom. The van der Waals surface area contributed by atoms with Crippen molar-refractivity contribution in [2.24, 2.45) is 0 Å². The van der Waals surface area contributed by atoms with E-state index in [0.717, 1.165) is 25.7 Å². The molecule has 3 rings (SSSR count). The highest BCUT2D eigenvalue weighted by atomic mass is 32.2. The molecule has 0 aromatic carbocycles. The van der Waals surface area contributed by atoms with E-state index in [9.17, 15) is 13.2 Å². The zero-order valence-electron chi connectivity index (χ0n) is 13.2. The molecule has 0 spiro atoms. The Morgan fingerprint density at radius 3 is 2.23 bits per heavy atom. The lowest BCUT2D eigenvalue weighted by atomic mass is 10.1. The maximum absolute atomic E-state index is 12.3. The van der Waals surface area contributed by atoms with Gasteiger partial charge in [0.25, 0.3) is 10.2 Å². The van der Waals surface area contributed by atoms with Gasteiger partial charge in [0.1, 0.15) is 0 Å². The van der Waals surface area contributed by atoms with Gasteiger partial charge in [-0.2, -0.15) is 17.4 Å². The van der Waals surface area contributed by atoms with Gasteiger partial charge < -0.3 is 4.90 Å². The molecular formula is C15H27N3O3S.